The molecule has 3 rings (SSSR count). The van der Waals surface area contributed by atoms with Gasteiger partial charge in [-0.1, -0.05) is 13.8 Å². The Labute approximate surface area is 166 Å². The molecule has 0 aliphatic carbocycles. The molecule has 156 valence electrons. The summed E-state index contributed by atoms with van der Waals surface area (Å²) in [5, 5.41) is 0. The van der Waals surface area contributed by atoms with Crippen molar-refractivity contribution >= 4 is 11.9 Å². The average molecular weight is 392 g/mol. The molecule has 3 heterocycles. The number of amides is 1. The number of hydrogen-bond acceptors (Lipinski definition) is 6. The molecule has 1 aromatic heterocycles. The number of hydrogen-bond donors (Lipinski definition) is 1. The number of likely N-dealkylation sites (N-methyl/N-ethyl adjacent to an activating group) is 1. The van der Waals surface area contributed by atoms with Crippen LogP contribution in [0.4, 0.5) is 5.95 Å². The fourth-order valence-corrected chi connectivity index (χ4v) is 4.02. The van der Waals surface area contributed by atoms with E-state index in [-0.39, 0.29) is 17.5 Å². The molecule has 2 saturated heterocycles. The van der Waals surface area contributed by atoms with Crippen molar-refractivity contribution in [3.05, 3.63) is 21.6 Å². The number of morpholine rings is 1. The third kappa shape index (κ3) is 4.72. The van der Waals surface area contributed by atoms with Gasteiger partial charge in [-0.05, 0) is 26.3 Å². The minimum absolute atomic E-state index is 0.128. The van der Waals surface area contributed by atoms with Crippen LogP contribution in [-0.2, 0) is 16.0 Å². The molecular formula is C20H33N5O3. The van der Waals surface area contributed by atoms with E-state index in [9.17, 15) is 9.59 Å². The summed E-state index contributed by atoms with van der Waals surface area (Å²) >= 11 is 0. The van der Waals surface area contributed by atoms with E-state index in [1.54, 1.807) is 0 Å². The summed E-state index contributed by atoms with van der Waals surface area (Å²) in [4.78, 5) is 39.3. The van der Waals surface area contributed by atoms with E-state index in [0.29, 0.717) is 49.2 Å². The van der Waals surface area contributed by atoms with Crippen LogP contribution in [0.2, 0.25) is 0 Å². The molecule has 1 aromatic rings. The highest BCUT2D eigenvalue weighted by molar-refractivity contribution is 5.77. The van der Waals surface area contributed by atoms with E-state index in [1.807, 2.05) is 16.7 Å². The summed E-state index contributed by atoms with van der Waals surface area (Å²) < 4.78 is 5.35. The highest BCUT2D eigenvalue weighted by Crippen LogP contribution is 2.18. The molecule has 1 atom stereocenters. The maximum atomic E-state index is 12.9. The van der Waals surface area contributed by atoms with Crippen LogP contribution in [-0.4, -0.2) is 84.7 Å². The molecule has 0 bridgehead atoms. The number of carbonyl (C=O) groups is 1. The summed E-state index contributed by atoms with van der Waals surface area (Å²) in [6, 6.07) is 0.229. The van der Waals surface area contributed by atoms with Gasteiger partial charge in [-0.3, -0.25) is 14.6 Å². The number of piperazine rings is 1. The number of nitrogens with zero attached hydrogens (tertiary/aromatic N) is 4. The largest absolute Gasteiger partial charge is 0.378 e. The van der Waals surface area contributed by atoms with Crippen molar-refractivity contribution in [1.29, 1.82) is 0 Å². The van der Waals surface area contributed by atoms with Crippen LogP contribution in [0.5, 0.6) is 0 Å². The summed E-state index contributed by atoms with van der Waals surface area (Å²) in [5.41, 5.74) is 1.18. The molecule has 0 radical (unpaired) electrons. The SMILES string of the molecule is Cc1nc(N2CCOCC2)[nH]c(=O)c1CCC(=O)N1CCN(C)CC1C(C)C. The Bertz CT molecular complexity index is 742. The second kappa shape index (κ2) is 9.05. The number of H-pyrrole nitrogens is 1. The molecule has 2 aliphatic heterocycles. The third-order valence-corrected chi connectivity index (χ3v) is 5.82. The smallest absolute Gasteiger partial charge is 0.255 e. The number of carbonyl (C=O) groups excluding carboxylic acids is 1. The van der Waals surface area contributed by atoms with Gasteiger partial charge in [0.15, 0.2) is 0 Å². The number of aromatic nitrogens is 2. The van der Waals surface area contributed by atoms with Gasteiger partial charge in [-0.25, -0.2) is 4.98 Å². The van der Waals surface area contributed by atoms with Crippen LogP contribution in [0.25, 0.3) is 0 Å². The minimum Gasteiger partial charge on any atom is -0.378 e. The number of nitrogens with one attached hydrogen (secondary N) is 1. The van der Waals surface area contributed by atoms with Gasteiger partial charge in [0.1, 0.15) is 0 Å². The lowest BCUT2D eigenvalue weighted by molar-refractivity contribution is -0.137. The van der Waals surface area contributed by atoms with Crippen LogP contribution in [0.3, 0.4) is 0 Å². The maximum absolute atomic E-state index is 12.9. The Balaban J connectivity index is 1.66. The third-order valence-electron chi connectivity index (χ3n) is 5.82. The first-order valence-corrected chi connectivity index (χ1v) is 10.3. The number of aryl methyl sites for hydroxylation is 1. The Morgan fingerprint density at radius 2 is 1.96 bits per heavy atom. The zero-order valence-corrected chi connectivity index (χ0v) is 17.5. The molecule has 1 N–H and O–H groups in total. The van der Waals surface area contributed by atoms with Gasteiger partial charge >= 0.3 is 0 Å². The number of anilines is 1. The lowest BCUT2D eigenvalue weighted by atomic mass is 9.98. The fourth-order valence-electron chi connectivity index (χ4n) is 4.02. The van der Waals surface area contributed by atoms with E-state index in [2.05, 4.69) is 35.8 Å². The van der Waals surface area contributed by atoms with Crippen LogP contribution in [0, 0.1) is 12.8 Å². The Morgan fingerprint density at radius 3 is 2.61 bits per heavy atom. The number of ether oxygens (including phenoxy) is 1. The first-order chi connectivity index (χ1) is 13.4. The summed E-state index contributed by atoms with van der Waals surface area (Å²) in [6.07, 6.45) is 0.767. The number of rotatable bonds is 5. The lowest BCUT2D eigenvalue weighted by Gasteiger charge is -2.42. The Hall–Kier alpha value is -1.93. The molecule has 2 fully saturated rings. The number of aromatic amines is 1. The molecule has 8 nitrogen and oxygen atoms in total. The van der Waals surface area contributed by atoms with Crippen LogP contribution in [0.1, 0.15) is 31.5 Å². The minimum atomic E-state index is -0.138. The van der Waals surface area contributed by atoms with Crippen molar-refractivity contribution < 1.29 is 9.53 Å². The molecule has 0 spiro atoms. The summed E-state index contributed by atoms with van der Waals surface area (Å²) in [7, 11) is 2.10. The zero-order chi connectivity index (χ0) is 20.3. The quantitative estimate of drug-likeness (QED) is 0.794. The van der Waals surface area contributed by atoms with Crippen molar-refractivity contribution in [1.82, 2.24) is 19.8 Å². The standard InChI is InChI=1S/C20H33N5O3/c1-14(2)17-13-23(4)7-8-25(17)18(26)6-5-16-15(3)21-20(22-19(16)27)24-9-11-28-12-10-24/h14,17H,5-13H2,1-4H3,(H,21,22,27). The molecule has 8 heteroatoms. The average Bonchev–Trinajstić information content (AvgIpc) is 2.67. The first kappa shape index (κ1) is 20.8. The van der Waals surface area contributed by atoms with E-state index >= 15 is 0 Å². The molecule has 2 aliphatic rings. The molecule has 0 aromatic carbocycles. The van der Waals surface area contributed by atoms with E-state index in [0.717, 1.165) is 32.7 Å². The fraction of sp³-hybridized carbons (Fsp3) is 0.750. The molecule has 1 unspecified atom stereocenters. The summed E-state index contributed by atoms with van der Waals surface area (Å²) in [5.74, 6) is 1.13. The van der Waals surface area contributed by atoms with Gasteiger partial charge < -0.3 is 19.4 Å². The van der Waals surface area contributed by atoms with Crippen molar-refractivity contribution in [3.63, 3.8) is 0 Å². The van der Waals surface area contributed by atoms with Gasteiger partial charge in [0, 0.05) is 56.4 Å². The lowest BCUT2D eigenvalue weighted by Crippen LogP contribution is -2.56. The zero-order valence-electron chi connectivity index (χ0n) is 17.5. The van der Waals surface area contributed by atoms with Gasteiger partial charge in [-0.2, -0.15) is 0 Å². The van der Waals surface area contributed by atoms with Crippen molar-refractivity contribution in [2.75, 3.05) is 57.9 Å². The summed E-state index contributed by atoms with van der Waals surface area (Å²) in [6.45, 7) is 11.4. The molecule has 1 amide bonds. The maximum Gasteiger partial charge on any atom is 0.255 e. The van der Waals surface area contributed by atoms with Crippen molar-refractivity contribution in [2.45, 2.75) is 39.7 Å². The van der Waals surface area contributed by atoms with Crippen molar-refractivity contribution in [3.8, 4) is 0 Å². The van der Waals surface area contributed by atoms with E-state index in [1.165, 1.54) is 0 Å². The van der Waals surface area contributed by atoms with Crippen LogP contribution < -0.4 is 10.5 Å². The van der Waals surface area contributed by atoms with Crippen LogP contribution in [0.15, 0.2) is 4.79 Å². The van der Waals surface area contributed by atoms with Gasteiger partial charge in [0.25, 0.3) is 5.56 Å². The van der Waals surface area contributed by atoms with Gasteiger partial charge in [-0.15, -0.1) is 0 Å². The Morgan fingerprint density at radius 1 is 1.25 bits per heavy atom. The monoisotopic (exact) mass is 391 g/mol. The molecule has 28 heavy (non-hydrogen) atoms. The Kier molecular flexibility index (Phi) is 6.72. The predicted octanol–water partition coefficient (Wildman–Crippen LogP) is 0.646. The van der Waals surface area contributed by atoms with Gasteiger partial charge in [0.05, 0.1) is 13.2 Å². The van der Waals surface area contributed by atoms with Gasteiger partial charge in [0.2, 0.25) is 11.9 Å². The second-order valence-electron chi connectivity index (χ2n) is 8.21. The van der Waals surface area contributed by atoms with E-state index < -0.39 is 0 Å². The van der Waals surface area contributed by atoms with E-state index in [4.69, 9.17) is 4.74 Å². The van der Waals surface area contributed by atoms with Crippen LogP contribution >= 0.6 is 0 Å². The highest BCUT2D eigenvalue weighted by atomic mass is 16.5. The predicted molar refractivity (Wildman–Crippen MR) is 109 cm³/mol. The topological polar surface area (TPSA) is 81.8 Å². The molecule has 0 saturated carbocycles. The molecular weight excluding hydrogens is 358 g/mol. The second-order valence-corrected chi connectivity index (χ2v) is 8.21. The first-order valence-electron chi connectivity index (χ1n) is 10.3. The highest BCUT2D eigenvalue weighted by Gasteiger charge is 2.31. The normalized spacial score (nSPS) is 21.4. The van der Waals surface area contributed by atoms with Crippen molar-refractivity contribution in [2.24, 2.45) is 5.92 Å².